The SMILES string of the molecule is NCCCn1cc(-n2cc([N+](=O)[O-])cn2)cn1. The zero-order chi connectivity index (χ0) is 12.3. The quantitative estimate of drug-likeness (QED) is 0.594. The molecular weight excluding hydrogens is 224 g/mol. The predicted molar refractivity (Wildman–Crippen MR) is 59.7 cm³/mol. The van der Waals surface area contributed by atoms with Crippen molar-refractivity contribution in [2.45, 2.75) is 13.0 Å². The summed E-state index contributed by atoms with van der Waals surface area (Å²) < 4.78 is 3.15. The number of nitrogens with zero attached hydrogens (tertiary/aromatic N) is 5. The van der Waals surface area contributed by atoms with Gasteiger partial charge < -0.3 is 5.73 Å². The summed E-state index contributed by atoms with van der Waals surface area (Å²) in [5.74, 6) is 0. The van der Waals surface area contributed by atoms with Gasteiger partial charge in [-0.25, -0.2) is 4.68 Å². The fraction of sp³-hybridized carbons (Fsp3) is 0.333. The van der Waals surface area contributed by atoms with Gasteiger partial charge in [0.05, 0.1) is 17.3 Å². The predicted octanol–water partition coefficient (Wildman–Crippen LogP) is 0.326. The largest absolute Gasteiger partial charge is 0.330 e. The Morgan fingerprint density at radius 1 is 1.35 bits per heavy atom. The first-order valence-corrected chi connectivity index (χ1v) is 5.12. The monoisotopic (exact) mass is 236 g/mol. The van der Waals surface area contributed by atoms with Gasteiger partial charge in [0.1, 0.15) is 18.1 Å². The molecule has 0 amide bonds. The summed E-state index contributed by atoms with van der Waals surface area (Å²) in [4.78, 5) is 10.0. The molecule has 0 spiro atoms. The molecule has 2 aromatic heterocycles. The van der Waals surface area contributed by atoms with E-state index in [0.717, 1.165) is 13.0 Å². The van der Waals surface area contributed by atoms with Crippen LogP contribution in [0.25, 0.3) is 5.69 Å². The second kappa shape index (κ2) is 4.74. The summed E-state index contributed by atoms with van der Waals surface area (Å²) in [6.45, 7) is 1.32. The number of aromatic nitrogens is 4. The highest BCUT2D eigenvalue weighted by molar-refractivity contribution is 5.30. The summed E-state index contributed by atoms with van der Waals surface area (Å²) in [5, 5.41) is 18.5. The molecule has 17 heavy (non-hydrogen) atoms. The van der Waals surface area contributed by atoms with E-state index in [9.17, 15) is 10.1 Å². The highest BCUT2D eigenvalue weighted by Crippen LogP contribution is 2.12. The summed E-state index contributed by atoms with van der Waals surface area (Å²) in [5.41, 5.74) is 6.05. The molecule has 0 aromatic carbocycles. The van der Waals surface area contributed by atoms with Crippen LogP contribution in [0.3, 0.4) is 0 Å². The number of hydrogen-bond acceptors (Lipinski definition) is 5. The summed E-state index contributed by atoms with van der Waals surface area (Å²) >= 11 is 0. The van der Waals surface area contributed by atoms with E-state index < -0.39 is 4.92 Å². The normalized spacial score (nSPS) is 10.6. The molecule has 8 nitrogen and oxygen atoms in total. The van der Waals surface area contributed by atoms with E-state index >= 15 is 0 Å². The molecule has 0 aliphatic carbocycles. The van der Waals surface area contributed by atoms with Gasteiger partial charge in [-0.15, -0.1) is 0 Å². The van der Waals surface area contributed by atoms with Gasteiger partial charge in [0.15, 0.2) is 0 Å². The van der Waals surface area contributed by atoms with Gasteiger partial charge in [-0.05, 0) is 13.0 Å². The van der Waals surface area contributed by atoms with Gasteiger partial charge in [-0.2, -0.15) is 10.2 Å². The summed E-state index contributed by atoms with van der Waals surface area (Å²) in [6.07, 6.45) is 6.77. The first-order valence-electron chi connectivity index (χ1n) is 5.12. The topological polar surface area (TPSA) is 105 Å². The van der Waals surface area contributed by atoms with Crippen molar-refractivity contribution in [1.82, 2.24) is 19.6 Å². The van der Waals surface area contributed by atoms with Crippen LogP contribution in [-0.4, -0.2) is 31.0 Å². The van der Waals surface area contributed by atoms with Crippen LogP contribution in [0.2, 0.25) is 0 Å². The minimum Gasteiger partial charge on any atom is -0.330 e. The maximum absolute atomic E-state index is 10.5. The molecule has 0 fully saturated rings. The van der Waals surface area contributed by atoms with E-state index in [1.165, 1.54) is 17.1 Å². The average Bonchev–Trinajstić information content (AvgIpc) is 2.94. The molecule has 8 heteroatoms. The van der Waals surface area contributed by atoms with Crippen molar-refractivity contribution in [2.75, 3.05) is 6.54 Å². The zero-order valence-electron chi connectivity index (χ0n) is 9.06. The average molecular weight is 236 g/mol. The molecule has 2 heterocycles. The molecular formula is C9H12N6O2. The molecule has 0 aliphatic heterocycles. The van der Waals surface area contributed by atoms with E-state index in [-0.39, 0.29) is 5.69 Å². The molecule has 0 unspecified atom stereocenters. The second-order valence-corrected chi connectivity index (χ2v) is 3.50. The number of nitrogens with two attached hydrogens (primary N) is 1. The Kier molecular flexibility index (Phi) is 3.15. The fourth-order valence-corrected chi connectivity index (χ4v) is 1.40. The van der Waals surface area contributed by atoms with Crippen LogP contribution in [0, 0.1) is 10.1 Å². The Morgan fingerprint density at radius 3 is 2.82 bits per heavy atom. The maximum Gasteiger partial charge on any atom is 0.307 e. The smallest absolute Gasteiger partial charge is 0.307 e. The molecule has 90 valence electrons. The highest BCUT2D eigenvalue weighted by atomic mass is 16.6. The lowest BCUT2D eigenvalue weighted by atomic mass is 10.4. The Morgan fingerprint density at radius 2 is 2.18 bits per heavy atom. The van der Waals surface area contributed by atoms with Gasteiger partial charge >= 0.3 is 5.69 Å². The second-order valence-electron chi connectivity index (χ2n) is 3.50. The Labute approximate surface area is 96.8 Å². The zero-order valence-corrected chi connectivity index (χ0v) is 9.06. The third-order valence-corrected chi connectivity index (χ3v) is 2.26. The standard InChI is InChI=1S/C9H12N6O2/c10-2-1-3-13-6-8(4-11-13)14-7-9(5-12-14)15(16)17/h4-7H,1-3,10H2. The third-order valence-electron chi connectivity index (χ3n) is 2.26. The Bertz CT molecular complexity index is 517. The molecule has 2 N–H and O–H groups in total. The Balaban J connectivity index is 2.15. The van der Waals surface area contributed by atoms with Crippen LogP contribution in [0.4, 0.5) is 5.69 Å². The maximum atomic E-state index is 10.5. The van der Waals surface area contributed by atoms with Crippen molar-refractivity contribution >= 4 is 5.69 Å². The highest BCUT2D eigenvalue weighted by Gasteiger charge is 2.10. The van der Waals surface area contributed by atoms with Crippen molar-refractivity contribution in [1.29, 1.82) is 0 Å². The van der Waals surface area contributed by atoms with Crippen molar-refractivity contribution in [3.05, 3.63) is 34.9 Å². The van der Waals surface area contributed by atoms with Gasteiger partial charge in [0.25, 0.3) is 0 Å². The minimum absolute atomic E-state index is 0.0419. The fourth-order valence-electron chi connectivity index (χ4n) is 1.40. The van der Waals surface area contributed by atoms with E-state index in [4.69, 9.17) is 5.73 Å². The van der Waals surface area contributed by atoms with Crippen LogP contribution in [0.1, 0.15) is 6.42 Å². The van der Waals surface area contributed by atoms with E-state index in [0.29, 0.717) is 12.2 Å². The van der Waals surface area contributed by atoms with Crippen LogP contribution in [0.15, 0.2) is 24.8 Å². The lowest BCUT2D eigenvalue weighted by Gasteiger charge is -1.97. The molecule has 0 radical (unpaired) electrons. The van der Waals surface area contributed by atoms with Crippen LogP contribution in [0.5, 0.6) is 0 Å². The summed E-state index contributed by atoms with van der Waals surface area (Å²) in [7, 11) is 0. The molecule has 0 atom stereocenters. The van der Waals surface area contributed by atoms with Crippen molar-refractivity contribution in [3.63, 3.8) is 0 Å². The number of rotatable bonds is 5. The summed E-state index contributed by atoms with van der Waals surface area (Å²) in [6, 6.07) is 0. The number of aryl methyl sites for hydroxylation is 1. The van der Waals surface area contributed by atoms with Crippen molar-refractivity contribution in [3.8, 4) is 5.69 Å². The van der Waals surface area contributed by atoms with E-state index in [1.54, 1.807) is 17.1 Å². The number of nitro groups is 1. The van der Waals surface area contributed by atoms with Crippen molar-refractivity contribution < 1.29 is 4.92 Å². The van der Waals surface area contributed by atoms with Gasteiger partial charge in [-0.1, -0.05) is 0 Å². The van der Waals surface area contributed by atoms with E-state index in [2.05, 4.69) is 10.2 Å². The molecule has 2 aromatic rings. The molecule has 0 aliphatic rings. The first-order chi connectivity index (χ1) is 8.20. The van der Waals surface area contributed by atoms with E-state index in [1.807, 2.05) is 0 Å². The third kappa shape index (κ3) is 2.48. The van der Waals surface area contributed by atoms with Gasteiger partial charge in [0, 0.05) is 6.54 Å². The van der Waals surface area contributed by atoms with Gasteiger partial charge in [-0.3, -0.25) is 14.8 Å². The lowest BCUT2D eigenvalue weighted by molar-refractivity contribution is -0.384. The van der Waals surface area contributed by atoms with Crippen LogP contribution >= 0.6 is 0 Å². The molecule has 2 rings (SSSR count). The van der Waals surface area contributed by atoms with Gasteiger partial charge in [0.2, 0.25) is 0 Å². The van der Waals surface area contributed by atoms with Crippen LogP contribution in [-0.2, 0) is 6.54 Å². The molecule has 0 saturated carbocycles. The first kappa shape index (κ1) is 11.3. The minimum atomic E-state index is -0.484. The number of hydrogen-bond donors (Lipinski definition) is 1. The molecule has 0 saturated heterocycles. The van der Waals surface area contributed by atoms with Crippen molar-refractivity contribution in [2.24, 2.45) is 5.73 Å². The van der Waals surface area contributed by atoms with Crippen LogP contribution < -0.4 is 5.73 Å². The lowest BCUT2D eigenvalue weighted by Crippen LogP contribution is -2.05. The molecule has 0 bridgehead atoms. The Hall–Kier alpha value is -2.22.